The fourth-order valence-corrected chi connectivity index (χ4v) is 5.66. The molecule has 0 aromatic rings. The first-order valence-corrected chi connectivity index (χ1v) is 14.5. The smallest absolute Gasteiger partial charge is 0.329 e. The van der Waals surface area contributed by atoms with Crippen molar-refractivity contribution in [3.05, 3.63) is 23.9 Å². The van der Waals surface area contributed by atoms with Gasteiger partial charge in [0, 0.05) is 11.5 Å². The van der Waals surface area contributed by atoms with Gasteiger partial charge in [-0.25, -0.2) is 4.79 Å². The number of carbonyl (C=O) groups excluding carboxylic acids is 5. The van der Waals surface area contributed by atoms with Crippen molar-refractivity contribution in [3.63, 3.8) is 0 Å². The van der Waals surface area contributed by atoms with Gasteiger partial charge in [-0.2, -0.15) is 0 Å². The molecule has 2 aliphatic rings. The highest BCUT2D eigenvalue weighted by atomic mass is 33.1. The summed E-state index contributed by atoms with van der Waals surface area (Å²) in [5, 5.41) is 10.7. The fourth-order valence-electron chi connectivity index (χ4n) is 3.50. The Balaban J connectivity index is 2.55. The highest BCUT2D eigenvalue weighted by Gasteiger charge is 2.33. The lowest BCUT2D eigenvalue weighted by Gasteiger charge is -2.27. The first-order valence-electron chi connectivity index (χ1n) is 12.0. The molecule has 4 N–H and O–H groups in total. The summed E-state index contributed by atoms with van der Waals surface area (Å²) in [6, 6.07) is -2.86. The van der Waals surface area contributed by atoms with Crippen molar-refractivity contribution in [3.8, 4) is 0 Å². The maximum absolute atomic E-state index is 13.2. The van der Waals surface area contributed by atoms with Crippen LogP contribution in [0.25, 0.3) is 0 Å². The van der Waals surface area contributed by atoms with E-state index >= 15 is 0 Å². The lowest BCUT2D eigenvalue weighted by molar-refractivity contribution is -0.153. The minimum absolute atomic E-state index is 0.0445. The van der Waals surface area contributed by atoms with Crippen LogP contribution in [-0.2, 0) is 28.7 Å². The molecule has 0 spiro atoms. The Morgan fingerprint density at radius 3 is 2.28 bits per heavy atom. The van der Waals surface area contributed by atoms with Crippen molar-refractivity contribution in [2.45, 2.75) is 71.7 Å². The van der Waals surface area contributed by atoms with Crippen LogP contribution >= 0.6 is 21.6 Å². The minimum Gasteiger partial charge on any atom is -0.456 e. The Morgan fingerprint density at radius 1 is 0.944 bits per heavy atom. The van der Waals surface area contributed by atoms with E-state index in [9.17, 15) is 24.0 Å². The number of fused-ring (bicyclic) bond motifs is 7. The quantitative estimate of drug-likeness (QED) is 0.178. The SMILES string of the molecule is CC=C1NC(=O)[C@H]2CSSCCC=CC(CC(=O)N[C@H](C(C)C)C(=O)N2)OC(=O)[C@H](C(C)C)NC1=O. The Kier molecular flexibility index (Phi) is 11.8. The van der Waals surface area contributed by atoms with Gasteiger partial charge >= 0.3 is 5.97 Å². The lowest BCUT2D eigenvalue weighted by Crippen LogP contribution is -2.57. The summed E-state index contributed by atoms with van der Waals surface area (Å²) < 4.78 is 5.65. The molecular formula is C24H36N4O6S2. The molecule has 0 aromatic carbocycles. The molecule has 2 aliphatic heterocycles. The van der Waals surface area contributed by atoms with Gasteiger partial charge in [0.15, 0.2) is 0 Å². The van der Waals surface area contributed by atoms with E-state index in [0.717, 1.165) is 0 Å². The van der Waals surface area contributed by atoms with Gasteiger partial charge in [-0.3, -0.25) is 19.2 Å². The van der Waals surface area contributed by atoms with E-state index in [1.165, 1.54) is 27.7 Å². The topological polar surface area (TPSA) is 143 Å². The summed E-state index contributed by atoms with van der Waals surface area (Å²) in [5.41, 5.74) is -0.0445. The van der Waals surface area contributed by atoms with Crippen molar-refractivity contribution in [1.82, 2.24) is 21.3 Å². The van der Waals surface area contributed by atoms with Crippen molar-refractivity contribution in [1.29, 1.82) is 0 Å². The average Bonchev–Trinajstić information content (AvgIpc) is 2.81. The molecule has 4 amide bonds. The van der Waals surface area contributed by atoms with Gasteiger partial charge in [0.2, 0.25) is 17.7 Å². The zero-order chi connectivity index (χ0) is 26.8. The van der Waals surface area contributed by atoms with Crippen LogP contribution in [0.5, 0.6) is 0 Å². The van der Waals surface area contributed by atoms with Gasteiger partial charge in [0.25, 0.3) is 5.91 Å². The van der Waals surface area contributed by atoms with Crippen LogP contribution in [0, 0.1) is 11.8 Å². The van der Waals surface area contributed by atoms with Crippen LogP contribution in [0.1, 0.15) is 47.5 Å². The van der Waals surface area contributed by atoms with E-state index in [2.05, 4.69) is 21.3 Å². The van der Waals surface area contributed by atoms with Crippen molar-refractivity contribution in [2.24, 2.45) is 11.8 Å². The van der Waals surface area contributed by atoms with Crippen molar-refractivity contribution >= 4 is 51.2 Å². The Labute approximate surface area is 220 Å². The lowest BCUT2D eigenvalue weighted by atomic mass is 10.0. The number of ether oxygens (including phenoxy) is 1. The zero-order valence-corrected chi connectivity index (χ0v) is 22.9. The molecule has 0 saturated carbocycles. The molecule has 10 nitrogen and oxygen atoms in total. The standard InChI is InChI=1S/C24H36N4O6S2/c1-6-16-21(30)28-20(14(4)5)24(33)34-15-9-7-8-10-35-36-12-17(22(31)25-16)26-23(32)19(13(2)3)27-18(29)11-15/h6-7,9,13-15,17,19-20H,8,10-12H2,1-5H3,(H,25,31)(H,26,32)(H,27,29)(H,28,30)/t15?,17-,19-,20+/m1/s1. The van der Waals surface area contributed by atoms with Gasteiger partial charge in [-0.05, 0) is 31.3 Å². The molecular weight excluding hydrogens is 504 g/mol. The summed E-state index contributed by atoms with van der Waals surface area (Å²) in [5.74, 6) is -2.54. The largest absolute Gasteiger partial charge is 0.456 e. The van der Waals surface area contributed by atoms with Gasteiger partial charge in [0.05, 0.1) is 6.42 Å². The normalized spacial score (nSPS) is 28.8. The van der Waals surface area contributed by atoms with E-state index in [4.69, 9.17) is 4.74 Å². The minimum atomic E-state index is -1.00. The highest BCUT2D eigenvalue weighted by molar-refractivity contribution is 8.76. The molecule has 200 valence electrons. The third kappa shape index (κ3) is 8.88. The molecule has 36 heavy (non-hydrogen) atoms. The number of esters is 1. The summed E-state index contributed by atoms with van der Waals surface area (Å²) in [7, 11) is 2.95. The molecule has 12 heteroatoms. The Bertz CT molecular complexity index is 905. The third-order valence-corrected chi connectivity index (χ3v) is 8.03. The predicted molar refractivity (Wildman–Crippen MR) is 141 cm³/mol. The number of allylic oxidation sites excluding steroid dienone is 2. The van der Waals surface area contributed by atoms with E-state index in [0.29, 0.717) is 12.2 Å². The zero-order valence-electron chi connectivity index (χ0n) is 21.3. The van der Waals surface area contributed by atoms with Crippen LogP contribution < -0.4 is 21.3 Å². The number of amides is 4. The second-order valence-corrected chi connectivity index (χ2v) is 11.9. The first-order chi connectivity index (χ1) is 17.0. The maximum atomic E-state index is 13.2. The van der Waals surface area contributed by atoms with Gasteiger partial charge < -0.3 is 26.0 Å². The molecule has 2 heterocycles. The molecule has 1 fully saturated rings. The monoisotopic (exact) mass is 540 g/mol. The van der Waals surface area contributed by atoms with E-state index < -0.39 is 53.8 Å². The first kappa shape index (κ1) is 29.8. The number of carbonyl (C=O) groups is 5. The molecule has 1 saturated heterocycles. The molecule has 2 rings (SSSR count). The highest BCUT2D eigenvalue weighted by Crippen LogP contribution is 2.24. The van der Waals surface area contributed by atoms with E-state index in [-0.39, 0.29) is 29.7 Å². The number of nitrogens with one attached hydrogen (secondary N) is 4. The van der Waals surface area contributed by atoms with Crippen molar-refractivity contribution < 1.29 is 28.7 Å². The summed E-state index contributed by atoms with van der Waals surface area (Å²) in [4.78, 5) is 65.2. The van der Waals surface area contributed by atoms with Gasteiger partial charge in [0.1, 0.15) is 29.9 Å². The third-order valence-electron chi connectivity index (χ3n) is 5.59. The Hall–Kier alpha value is -2.47. The number of hydrogen-bond donors (Lipinski definition) is 4. The maximum Gasteiger partial charge on any atom is 0.329 e. The van der Waals surface area contributed by atoms with E-state index in [1.807, 2.05) is 6.08 Å². The molecule has 1 unspecified atom stereocenters. The van der Waals surface area contributed by atoms with Gasteiger partial charge in [-0.15, -0.1) is 0 Å². The second kappa shape index (κ2) is 14.3. The van der Waals surface area contributed by atoms with Crippen LogP contribution in [0.4, 0.5) is 0 Å². The number of rotatable bonds is 2. The molecule has 2 bridgehead atoms. The summed E-state index contributed by atoms with van der Waals surface area (Å²) in [6.45, 7) is 8.66. The molecule has 0 aliphatic carbocycles. The Morgan fingerprint density at radius 2 is 1.64 bits per heavy atom. The fraction of sp³-hybridized carbons (Fsp3) is 0.625. The van der Waals surface area contributed by atoms with Gasteiger partial charge in [-0.1, -0.05) is 61.4 Å². The molecule has 4 atom stereocenters. The van der Waals surface area contributed by atoms with Crippen LogP contribution in [-0.4, -0.2) is 65.3 Å². The molecule has 0 radical (unpaired) electrons. The van der Waals surface area contributed by atoms with Crippen LogP contribution in [0.15, 0.2) is 23.9 Å². The van der Waals surface area contributed by atoms with Crippen LogP contribution in [0.2, 0.25) is 0 Å². The van der Waals surface area contributed by atoms with Crippen molar-refractivity contribution in [2.75, 3.05) is 11.5 Å². The summed E-state index contributed by atoms with van der Waals surface area (Å²) in [6.07, 6.45) is 4.51. The summed E-state index contributed by atoms with van der Waals surface area (Å²) >= 11 is 0. The predicted octanol–water partition coefficient (Wildman–Crippen LogP) is 1.43. The number of hydrogen-bond acceptors (Lipinski definition) is 8. The van der Waals surface area contributed by atoms with Crippen LogP contribution in [0.3, 0.4) is 0 Å². The molecule has 0 aromatic heterocycles. The second-order valence-electron chi connectivity index (χ2n) is 9.24. The average molecular weight is 541 g/mol. The van der Waals surface area contributed by atoms with E-state index in [1.54, 1.807) is 40.7 Å².